The summed E-state index contributed by atoms with van der Waals surface area (Å²) in [7, 11) is 0. The molecular formula is C29H32N2O3S2. The highest BCUT2D eigenvalue weighted by atomic mass is 32.2. The van der Waals surface area contributed by atoms with Crippen LogP contribution in [0.5, 0.6) is 5.75 Å². The van der Waals surface area contributed by atoms with Crippen molar-refractivity contribution in [2.24, 2.45) is 5.92 Å². The number of nitrogens with zero attached hydrogens (tertiary/aromatic N) is 2. The van der Waals surface area contributed by atoms with Crippen molar-refractivity contribution in [2.75, 3.05) is 0 Å². The van der Waals surface area contributed by atoms with Crippen LogP contribution in [0, 0.1) is 12.8 Å². The molecule has 0 aliphatic carbocycles. The number of benzene rings is 2. The van der Waals surface area contributed by atoms with E-state index in [-0.39, 0.29) is 17.8 Å². The topological polar surface area (TPSA) is 53.4 Å². The SMILES string of the molecule is Cc1cccc(-n2c(SCc3ccc(OC(C)C)cc3)nc3sc4c(c3c2=O)C[C@H](C(C)C)OC4)c1. The van der Waals surface area contributed by atoms with Crippen molar-refractivity contribution < 1.29 is 9.47 Å². The van der Waals surface area contributed by atoms with Crippen LogP contribution in [0.2, 0.25) is 0 Å². The van der Waals surface area contributed by atoms with Crippen LogP contribution in [0.25, 0.3) is 15.9 Å². The maximum absolute atomic E-state index is 14.1. The van der Waals surface area contributed by atoms with E-state index in [1.54, 1.807) is 27.7 Å². The average Bonchev–Trinajstić information content (AvgIpc) is 3.21. The van der Waals surface area contributed by atoms with Gasteiger partial charge in [-0.1, -0.05) is 49.9 Å². The molecule has 0 amide bonds. The molecule has 2 aromatic carbocycles. The minimum atomic E-state index is 0.00990. The summed E-state index contributed by atoms with van der Waals surface area (Å²) in [6.45, 7) is 11.0. The first-order valence-electron chi connectivity index (χ1n) is 12.4. The Bertz CT molecular complexity index is 1440. The molecule has 5 nitrogen and oxygen atoms in total. The van der Waals surface area contributed by atoms with Gasteiger partial charge in [0.1, 0.15) is 10.6 Å². The van der Waals surface area contributed by atoms with E-state index >= 15 is 0 Å². The van der Waals surface area contributed by atoms with E-state index in [4.69, 9.17) is 14.5 Å². The van der Waals surface area contributed by atoms with Crippen molar-refractivity contribution in [1.82, 2.24) is 9.55 Å². The lowest BCUT2D eigenvalue weighted by atomic mass is 9.96. The number of ether oxygens (including phenoxy) is 2. The highest BCUT2D eigenvalue weighted by Gasteiger charge is 2.28. The Balaban J connectivity index is 1.56. The van der Waals surface area contributed by atoms with Crippen LogP contribution in [-0.2, 0) is 23.5 Å². The molecule has 5 rings (SSSR count). The smallest absolute Gasteiger partial charge is 0.267 e. The minimum Gasteiger partial charge on any atom is -0.491 e. The second-order valence-electron chi connectivity index (χ2n) is 9.95. The Morgan fingerprint density at radius 2 is 1.94 bits per heavy atom. The zero-order valence-corrected chi connectivity index (χ0v) is 23.0. The lowest BCUT2D eigenvalue weighted by molar-refractivity contribution is 0.00200. The zero-order valence-electron chi connectivity index (χ0n) is 21.4. The quantitative estimate of drug-likeness (QED) is 0.195. The summed E-state index contributed by atoms with van der Waals surface area (Å²) in [5.74, 6) is 1.96. The van der Waals surface area contributed by atoms with Gasteiger partial charge in [-0.25, -0.2) is 4.98 Å². The Labute approximate surface area is 220 Å². The molecule has 0 unspecified atom stereocenters. The zero-order chi connectivity index (χ0) is 25.4. The first-order chi connectivity index (χ1) is 17.3. The standard InChI is InChI=1S/C29H32N2O3S2/c1-17(2)24-14-23-25(15-33-24)36-27-26(23)28(32)31(21-8-6-7-19(5)13-21)29(30-27)35-16-20-9-11-22(12-10-20)34-18(3)4/h6-13,17-18,24H,14-16H2,1-5H3/t24-/m1/s1. The van der Waals surface area contributed by atoms with Crippen LogP contribution in [0.4, 0.5) is 0 Å². The molecule has 36 heavy (non-hydrogen) atoms. The maximum Gasteiger partial charge on any atom is 0.267 e. The molecular weight excluding hydrogens is 488 g/mol. The largest absolute Gasteiger partial charge is 0.491 e. The van der Waals surface area contributed by atoms with Crippen molar-refractivity contribution in [3.63, 3.8) is 0 Å². The van der Waals surface area contributed by atoms with Gasteiger partial charge in [-0.3, -0.25) is 9.36 Å². The van der Waals surface area contributed by atoms with Gasteiger partial charge in [0.25, 0.3) is 5.56 Å². The monoisotopic (exact) mass is 520 g/mol. The van der Waals surface area contributed by atoms with Gasteiger partial charge in [-0.05, 0) is 67.6 Å². The number of hydrogen-bond acceptors (Lipinski definition) is 6. The van der Waals surface area contributed by atoms with Crippen LogP contribution in [0.15, 0.2) is 58.5 Å². The Morgan fingerprint density at radius 3 is 2.64 bits per heavy atom. The highest BCUT2D eigenvalue weighted by Crippen LogP contribution is 2.36. The van der Waals surface area contributed by atoms with Crippen molar-refractivity contribution in [3.8, 4) is 11.4 Å². The van der Waals surface area contributed by atoms with Crippen LogP contribution >= 0.6 is 23.1 Å². The summed E-state index contributed by atoms with van der Waals surface area (Å²) < 4.78 is 13.7. The van der Waals surface area contributed by atoms with E-state index in [9.17, 15) is 4.79 Å². The van der Waals surface area contributed by atoms with Gasteiger partial charge < -0.3 is 9.47 Å². The first-order valence-corrected chi connectivity index (χ1v) is 14.2. The molecule has 0 saturated heterocycles. The molecule has 188 valence electrons. The van der Waals surface area contributed by atoms with E-state index in [1.807, 2.05) is 51.1 Å². The molecule has 1 atom stereocenters. The number of aromatic nitrogens is 2. The molecule has 0 saturated carbocycles. The van der Waals surface area contributed by atoms with Gasteiger partial charge in [0.15, 0.2) is 5.16 Å². The van der Waals surface area contributed by atoms with E-state index in [1.165, 1.54) is 0 Å². The molecule has 1 aliphatic heterocycles. The summed E-state index contributed by atoms with van der Waals surface area (Å²) in [6, 6.07) is 16.2. The molecule has 1 aliphatic rings. The van der Waals surface area contributed by atoms with Gasteiger partial charge in [-0.2, -0.15) is 0 Å². The number of thiophene rings is 1. The van der Waals surface area contributed by atoms with Gasteiger partial charge in [-0.15, -0.1) is 11.3 Å². The number of thioether (sulfide) groups is 1. The van der Waals surface area contributed by atoms with Crippen LogP contribution in [-0.4, -0.2) is 21.8 Å². The second-order valence-corrected chi connectivity index (χ2v) is 12.0. The molecule has 0 bridgehead atoms. The highest BCUT2D eigenvalue weighted by molar-refractivity contribution is 7.98. The summed E-state index contributed by atoms with van der Waals surface area (Å²) in [4.78, 5) is 21.1. The summed E-state index contributed by atoms with van der Waals surface area (Å²) >= 11 is 3.19. The lowest BCUT2D eigenvalue weighted by Crippen LogP contribution is -2.28. The average molecular weight is 521 g/mol. The van der Waals surface area contributed by atoms with E-state index < -0.39 is 0 Å². The fraction of sp³-hybridized carbons (Fsp3) is 0.379. The lowest BCUT2D eigenvalue weighted by Gasteiger charge is -2.26. The van der Waals surface area contributed by atoms with Crippen LogP contribution in [0.3, 0.4) is 0 Å². The number of aryl methyl sites for hydroxylation is 1. The molecule has 0 N–H and O–H groups in total. The maximum atomic E-state index is 14.1. The Kier molecular flexibility index (Phi) is 7.24. The molecule has 3 heterocycles. The van der Waals surface area contributed by atoms with Crippen molar-refractivity contribution >= 4 is 33.3 Å². The molecule has 7 heteroatoms. The van der Waals surface area contributed by atoms with Crippen molar-refractivity contribution in [1.29, 1.82) is 0 Å². The fourth-order valence-electron chi connectivity index (χ4n) is 4.51. The second kappa shape index (κ2) is 10.4. The van der Waals surface area contributed by atoms with Crippen molar-refractivity contribution in [3.05, 3.63) is 80.5 Å². The third kappa shape index (κ3) is 5.10. The molecule has 4 aromatic rings. The van der Waals surface area contributed by atoms with Crippen molar-refractivity contribution in [2.45, 2.75) is 70.8 Å². The van der Waals surface area contributed by atoms with Gasteiger partial charge >= 0.3 is 0 Å². The van der Waals surface area contributed by atoms with Crippen LogP contribution in [0.1, 0.15) is 49.3 Å². The fourth-order valence-corrected chi connectivity index (χ4v) is 6.64. The number of fused-ring (bicyclic) bond motifs is 3. The molecule has 0 spiro atoms. The van der Waals surface area contributed by atoms with Gasteiger partial charge in [0.05, 0.1) is 29.9 Å². The molecule has 0 radical (unpaired) electrons. The van der Waals surface area contributed by atoms with E-state index in [0.29, 0.717) is 23.4 Å². The number of hydrogen-bond donors (Lipinski definition) is 0. The first kappa shape index (κ1) is 25.1. The Hall–Kier alpha value is -2.61. The predicted molar refractivity (Wildman–Crippen MR) is 149 cm³/mol. The Morgan fingerprint density at radius 1 is 1.17 bits per heavy atom. The third-order valence-electron chi connectivity index (χ3n) is 6.38. The minimum absolute atomic E-state index is 0.00990. The third-order valence-corrected chi connectivity index (χ3v) is 8.49. The van der Waals surface area contributed by atoms with Crippen LogP contribution < -0.4 is 10.3 Å². The molecule has 2 aromatic heterocycles. The summed E-state index contributed by atoms with van der Waals surface area (Å²) in [5.41, 5.74) is 4.24. The number of rotatable bonds is 7. The van der Waals surface area contributed by atoms with Gasteiger partial charge in [0.2, 0.25) is 0 Å². The summed E-state index contributed by atoms with van der Waals surface area (Å²) in [5, 5.41) is 1.46. The van der Waals surface area contributed by atoms with Gasteiger partial charge in [0, 0.05) is 17.1 Å². The van der Waals surface area contributed by atoms with E-state index in [2.05, 4.69) is 32.0 Å². The van der Waals surface area contributed by atoms with E-state index in [0.717, 1.165) is 49.6 Å². The summed E-state index contributed by atoms with van der Waals surface area (Å²) in [6.07, 6.45) is 1.02. The molecule has 0 fully saturated rings. The normalized spacial score (nSPS) is 15.6. The predicted octanol–water partition coefficient (Wildman–Crippen LogP) is 6.93.